The summed E-state index contributed by atoms with van der Waals surface area (Å²) in [4.78, 5) is 12.8. The van der Waals surface area contributed by atoms with Crippen LogP contribution in [-0.4, -0.2) is 31.1 Å². The maximum absolute atomic E-state index is 12.8. The Morgan fingerprint density at radius 2 is 1.77 bits per heavy atom. The normalized spacial score (nSPS) is 13.6. The SMILES string of the molecule is Cc1cc(OC2CCNCC2)ccc1NC(=O)Nc1cc(C(=N)N)ccc1OCc1ccccc1. The molecule has 0 aliphatic carbocycles. The molecule has 1 saturated heterocycles. The lowest BCUT2D eigenvalue weighted by atomic mass is 10.1. The first-order valence-corrected chi connectivity index (χ1v) is 11.7. The standard InChI is InChI=1S/C27H31N5O3/c1-18-15-22(35-21-11-13-30-14-12-21)8-9-23(18)31-27(33)32-24-16-20(26(28)29)7-10-25(24)34-17-19-5-3-2-4-6-19/h2-10,15-16,21,30H,11-14,17H2,1H3,(H3,28,29)(H2,31,32,33). The van der Waals surface area contributed by atoms with Crippen LogP contribution in [-0.2, 0) is 6.61 Å². The van der Waals surface area contributed by atoms with Crippen LogP contribution < -0.4 is 31.2 Å². The number of nitrogens with two attached hydrogens (primary N) is 1. The molecule has 3 aromatic rings. The third-order valence-corrected chi connectivity index (χ3v) is 5.81. The summed E-state index contributed by atoms with van der Waals surface area (Å²) in [6, 6.07) is 20.0. The van der Waals surface area contributed by atoms with Crippen molar-refractivity contribution in [3.8, 4) is 11.5 Å². The molecule has 0 unspecified atom stereocenters. The Labute approximate surface area is 205 Å². The van der Waals surface area contributed by atoms with E-state index in [1.165, 1.54) is 0 Å². The van der Waals surface area contributed by atoms with Gasteiger partial charge in [0.15, 0.2) is 0 Å². The fourth-order valence-electron chi connectivity index (χ4n) is 3.89. The van der Waals surface area contributed by atoms with Crippen molar-refractivity contribution in [1.29, 1.82) is 5.41 Å². The van der Waals surface area contributed by atoms with Crippen molar-refractivity contribution >= 4 is 23.2 Å². The number of piperidine rings is 1. The van der Waals surface area contributed by atoms with Gasteiger partial charge in [0.2, 0.25) is 0 Å². The van der Waals surface area contributed by atoms with Gasteiger partial charge in [-0.25, -0.2) is 4.79 Å². The molecule has 4 rings (SSSR count). The molecule has 8 heteroatoms. The quantitative estimate of drug-likeness (QED) is 0.241. The number of ether oxygens (including phenoxy) is 2. The van der Waals surface area contributed by atoms with Crippen molar-refractivity contribution in [3.05, 3.63) is 83.4 Å². The van der Waals surface area contributed by atoms with Crippen molar-refractivity contribution in [2.24, 2.45) is 5.73 Å². The van der Waals surface area contributed by atoms with Crippen LogP contribution >= 0.6 is 0 Å². The highest BCUT2D eigenvalue weighted by Crippen LogP contribution is 2.28. The van der Waals surface area contributed by atoms with Crippen molar-refractivity contribution in [1.82, 2.24) is 5.32 Å². The van der Waals surface area contributed by atoms with Gasteiger partial charge < -0.3 is 31.2 Å². The predicted molar refractivity (Wildman–Crippen MR) is 139 cm³/mol. The van der Waals surface area contributed by atoms with E-state index in [0.717, 1.165) is 42.8 Å². The molecule has 0 bridgehead atoms. The van der Waals surface area contributed by atoms with Gasteiger partial charge in [0.25, 0.3) is 0 Å². The van der Waals surface area contributed by atoms with Gasteiger partial charge in [0.1, 0.15) is 30.0 Å². The Morgan fingerprint density at radius 3 is 2.49 bits per heavy atom. The predicted octanol–water partition coefficient (Wildman–Crippen LogP) is 4.63. The third-order valence-electron chi connectivity index (χ3n) is 5.81. The zero-order valence-corrected chi connectivity index (χ0v) is 19.8. The number of nitrogens with one attached hydrogen (secondary N) is 4. The highest BCUT2D eigenvalue weighted by atomic mass is 16.5. The summed E-state index contributed by atoms with van der Waals surface area (Å²) in [7, 11) is 0. The number of carbonyl (C=O) groups excluding carboxylic acids is 1. The summed E-state index contributed by atoms with van der Waals surface area (Å²) >= 11 is 0. The van der Waals surface area contributed by atoms with Gasteiger partial charge in [-0.3, -0.25) is 5.41 Å². The van der Waals surface area contributed by atoms with Crippen LogP contribution in [0.5, 0.6) is 11.5 Å². The van der Waals surface area contributed by atoms with E-state index in [2.05, 4.69) is 16.0 Å². The van der Waals surface area contributed by atoms with E-state index in [-0.39, 0.29) is 11.9 Å². The van der Waals surface area contributed by atoms with E-state index >= 15 is 0 Å². The Morgan fingerprint density at radius 1 is 1.03 bits per heavy atom. The molecule has 0 atom stereocenters. The molecule has 0 spiro atoms. The van der Waals surface area contributed by atoms with Crippen LogP contribution in [0.2, 0.25) is 0 Å². The van der Waals surface area contributed by atoms with E-state index in [1.807, 2.05) is 55.5 Å². The zero-order valence-electron chi connectivity index (χ0n) is 19.8. The monoisotopic (exact) mass is 473 g/mol. The summed E-state index contributed by atoms with van der Waals surface area (Å²) in [5, 5.41) is 16.8. The molecular formula is C27H31N5O3. The minimum atomic E-state index is -0.426. The second kappa shape index (κ2) is 11.4. The van der Waals surface area contributed by atoms with Crippen molar-refractivity contribution in [2.75, 3.05) is 23.7 Å². The number of urea groups is 1. The summed E-state index contributed by atoms with van der Waals surface area (Å²) in [6.07, 6.45) is 2.17. The van der Waals surface area contributed by atoms with E-state index in [1.54, 1.807) is 18.2 Å². The van der Waals surface area contributed by atoms with Crippen molar-refractivity contribution < 1.29 is 14.3 Å². The smallest absolute Gasteiger partial charge is 0.323 e. The lowest BCUT2D eigenvalue weighted by Crippen LogP contribution is -2.34. The van der Waals surface area contributed by atoms with Crippen LogP contribution in [0.15, 0.2) is 66.7 Å². The van der Waals surface area contributed by atoms with Crippen LogP contribution in [0.25, 0.3) is 0 Å². The average molecular weight is 474 g/mol. The average Bonchev–Trinajstić information content (AvgIpc) is 2.86. The second-order valence-electron chi connectivity index (χ2n) is 8.52. The topological polar surface area (TPSA) is 121 Å². The van der Waals surface area contributed by atoms with Gasteiger partial charge in [-0.1, -0.05) is 30.3 Å². The molecular weight excluding hydrogens is 442 g/mol. The Balaban J connectivity index is 1.43. The van der Waals surface area contributed by atoms with Crippen LogP contribution in [0, 0.1) is 12.3 Å². The molecule has 35 heavy (non-hydrogen) atoms. The molecule has 1 heterocycles. The lowest BCUT2D eigenvalue weighted by Gasteiger charge is -2.24. The van der Waals surface area contributed by atoms with E-state index < -0.39 is 6.03 Å². The summed E-state index contributed by atoms with van der Waals surface area (Å²) in [5.41, 5.74) is 9.14. The number of nitrogen functional groups attached to an aromatic ring is 1. The van der Waals surface area contributed by atoms with Gasteiger partial charge >= 0.3 is 6.03 Å². The number of amidine groups is 1. The van der Waals surface area contributed by atoms with Gasteiger partial charge in [-0.05, 0) is 80.4 Å². The third kappa shape index (κ3) is 6.74. The van der Waals surface area contributed by atoms with Crippen LogP contribution in [0.4, 0.5) is 16.2 Å². The maximum atomic E-state index is 12.8. The molecule has 182 valence electrons. The minimum Gasteiger partial charge on any atom is -0.490 e. The van der Waals surface area contributed by atoms with Crippen LogP contribution in [0.3, 0.4) is 0 Å². The highest BCUT2D eigenvalue weighted by Gasteiger charge is 2.16. The molecule has 1 aliphatic rings. The first-order chi connectivity index (χ1) is 17.0. The van der Waals surface area contributed by atoms with Gasteiger partial charge in [0.05, 0.1) is 5.69 Å². The molecule has 2 amide bonds. The lowest BCUT2D eigenvalue weighted by molar-refractivity contribution is 0.162. The fourth-order valence-corrected chi connectivity index (χ4v) is 3.89. The largest absolute Gasteiger partial charge is 0.490 e. The number of carbonyl (C=O) groups is 1. The molecule has 6 N–H and O–H groups in total. The number of amides is 2. The molecule has 1 fully saturated rings. The minimum absolute atomic E-state index is 0.0942. The maximum Gasteiger partial charge on any atom is 0.323 e. The number of hydrogen-bond acceptors (Lipinski definition) is 5. The number of rotatable bonds is 8. The zero-order chi connectivity index (χ0) is 24.6. The Bertz CT molecular complexity index is 1180. The highest BCUT2D eigenvalue weighted by molar-refractivity contribution is 6.03. The van der Waals surface area contributed by atoms with Gasteiger partial charge in [0, 0.05) is 11.3 Å². The second-order valence-corrected chi connectivity index (χ2v) is 8.52. The molecule has 0 aromatic heterocycles. The molecule has 1 aliphatic heterocycles. The first kappa shape index (κ1) is 24.1. The molecule has 3 aromatic carbocycles. The van der Waals surface area contributed by atoms with E-state index in [0.29, 0.717) is 29.3 Å². The first-order valence-electron chi connectivity index (χ1n) is 11.7. The molecule has 0 radical (unpaired) electrons. The fraction of sp³-hybridized carbons (Fsp3) is 0.259. The summed E-state index contributed by atoms with van der Waals surface area (Å²) < 4.78 is 12.0. The van der Waals surface area contributed by atoms with E-state index in [4.69, 9.17) is 20.6 Å². The van der Waals surface area contributed by atoms with Gasteiger partial charge in [-0.15, -0.1) is 0 Å². The Kier molecular flexibility index (Phi) is 7.84. The summed E-state index contributed by atoms with van der Waals surface area (Å²) in [5.74, 6) is 1.19. The number of hydrogen-bond donors (Lipinski definition) is 5. The molecule has 0 saturated carbocycles. The van der Waals surface area contributed by atoms with E-state index in [9.17, 15) is 4.79 Å². The van der Waals surface area contributed by atoms with Crippen LogP contribution in [0.1, 0.15) is 29.5 Å². The van der Waals surface area contributed by atoms with Crippen molar-refractivity contribution in [3.63, 3.8) is 0 Å². The Hall–Kier alpha value is -4.04. The summed E-state index contributed by atoms with van der Waals surface area (Å²) in [6.45, 7) is 4.19. The molecule has 8 nitrogen and oxygen atoms in total. The number of benzene rings is 3. The number of aryl methyl sites for hydroxylation is 1. The number of anilines is 2. The van der Waals surface area contributed by atoms with Gasteiger partial charge in [-0.2, -0.15) is 0 Å². The van der Waals surface area contributed by atoms with Crippen molar-refractivity contribution in [2.45, 2.75) is 32.5 Å².